The number of piperidine rings is 2. The van der Waals surface area contributed by atoms with Gasteiger partial charge in [0.1, 0.15) is 0 Å². The Labute approximate surface area is 266 Å². The third-order valence-corrected chi connectivity index (χ3v) is 9.32. The molecule has 2 N–H and O–H groups in total. The maximum absolute atomic E-state index is 11.9. The topological polar surface area (TPSA) is 81.1 Å². The predicted octanol–water partition coefficient (Wildman–Crippen LogP) is 7.36. The van der Waals surface area contributed by atoms with Crippen molar-refractivity contribution >= 4 is 11.8 Å². The fourth-order valence-corrected chi connectivity index (χ4v) is 6.74. The summed E-state index contributed by atoms with van der Waals surface area (Å²) in [5.74, 6) is 0.804. The van der Waals surface area contributed by atoms with Crippen molar-refractivity contribution < 1.29 is 20.0 Å². The third-order valence-electron chi connectivity index (χ3n) is 9.32. The molecule has 0 aromatic heterocycles. The molecule has 2 amide bonds. The highest BCUT2D eigenvalue weighted by Crippen LogP contribution is 2.35. The van der Waals surface area contributed by atoms with Crippen LogP contribution in [0.4, 0.5) is 0 Å². The van der Waals surface area contributed by atoms with Crippen LogP contribution in [0.15, 0.2) is 121 Å². The Morgan fingerprint density at radius 3 is 1.47 bits per heavy atom. The molecule has 2 saturated heterocycles. The second-order valence-corrected chi connectivity index (χ2v) is 12.4. The van der Waals surface area contributed by atoms with E-state index in [2.05, 4.69) is 60.7 Å². The Kier molecular flexibility index (Phi) is 11.5. The number of aryl methyl sites for hydroxylation is 2. The molecule has 6 nitrogen and oxygen atoms in total. The zero-order chi connectivity index (χ0) is 31.4. The Bertz CT molecular complexity index is 1470. The van der Waals surface area contributed by atoms with Gasteiger partial charge in [-0.05, 0) is 72.1 Å². The highest BCUT2D eigenvalue weighted by Gasteiger charge is 2.35. The zero-order valence-corrected chi connectivity index (χ0v) is 25.8. The number of carbonyl (C=O) groups is 2. The van der Waals surface area contributed by atoms with Gasteiger partial charge in [-0.1, -0.05) is 121 Å². The standard InChI is InChI=1S/C20H23NO2.C19H21NO2/c22-20-14-18(12-11-16-7-3-1-4-8-16)19(15-21(20)23)13-17-9-5-2-6-10-17;21-19-13-17(12-11-15-7-3-1-4-8-15)18(14-20(19)22)16-9-5-2-6-10-16/h1-10,18-19,23H,11-15H2;1-10,17-18,22H,11-14H2. The lowest BCUT2D eigenvalue weighted by Crippen LogP contribution is -2.43. The van der Waals surface area contributed by atoms with Gasteiger partial charge in [-0.2, -0.15) is 0 Å². The van der Waals surface area contributed by atoms with E-state index in [1.54, 1.807) is 0 Å². The monoisotopic (exact) mass is 604 g/mol. The smallest absolute Gasteiger partial charge is 0.246 e. The van der Waals surface area contributed by atoms with Crippen LogP contribution in [-0.4, -0.2) is 45.4 Å². The number of rotatable bonds is 9. The van der Waals surface area contributed by atoms with Crippen LogP contribution in [0.2, 0.25) is 0 Å². The largest absolute Gasteiger partial charge is 0.286 e. The SMILES string of the molecule is O=C1CC(CCc2ccccc2)C(Cc2ccccc2)CN1O.O=C1CC(CCc2ccccc2)C(c2ccccc2)CN1O. The highest BCUT2D eigenvalue weighted by molar-refractivity contribution is 5.76. The molecule has 0 saturated carbocycles. The number of hydrogen-bond donors (Lipinski definition) is 2. The first-order valence-corrected chi connectivity index (χ1v) is 16.1. The molecule has 2 heterocycles. The van der Waals surface area contributed by atoms with Crippen LogP contribution >= 0.6 is 0 Å². The highest BCUT2D eigenvalue weighted by atomic mass is 16.5. The Hall–Kier alpha value is -4.26. The molecule has 2 aliphatic heterocycles. The van der Waals surface area contributed by atoms with Gasteiger partial charge in [-0.15, -0.1) is 0 Å². The lowest BCUT2D eigenvalue weighted by molar-refractivity contribution is -0.178. The van der Waals surface area contributed by atoms with Crippen LogP contribution in [-0.2, 0) is 28.9 Å². The summed E-state index contributed by atoms with van der Waals surface area (Å²) in [5.41, 5.74) is 5.08. The second-order valence-electron chi connectivity index (χ2n) is 12.4. The zero-order valence-electron chi connectivity index (χ0n) is 25.8. The Morgan fingerprint density at radius 2 is 0.933 bits per heavy atom. The van der Waals surface area contributed by atoms with E-state index < -0.39 is 0 Å². The second kappa shape index (κ2) is 16.2. The quantitative estimate of drug-likeness (QED) is 0.196. The summed E-state index contributed by atoms with van der Waals surface area (Å²) in [4.78, 5) is 23.8. The van der Waals surface area contributed by atoms with Gasteiger partial charge in [-0.25, -0.2) is 10.1 Å². The van der Waals surface area contributed by atoms with Crippen LogP contribution < -0.4 is 0 Å². The number of nitrogens with zero attached hydrogens (tertiary/aromatic N) is 2. The van der Waals surface area contributed by atoms with Gasteiger partial charge in [-0.3, -0.25) is 20.0 Å². The van der Waals surface area contributed by atoms with Gasteiger partial charge in [0, 0.05) is 18.8 Å². The molecule has 4 aromatic rings. The van der Waals surface area contributed by atoms with E-state index in [0.717, 1.165) is 42.2 Å². The normalized spacial score (nSPS) is 21.6. The number of hydroxylamine groups is 4. The minimum absolute atomic E-state index is 0.146. The van der Waals surface area contributed by atoms with Gasteiger partial charge < -0.3 is 0 Å². The third kappa shape index (κ3) is 9.37. The summed E-state index contributed by atoms with van der Waals surface area (Å²) < 4.78 is 0. The average molecular weight is 605 g/mol. The molecule has 2 fully saturated rings. The van der Waals surface area contributed by atoms with Crippen LogP contribution in [0, 0.1) is 17.8 Å². The minimum Gasteiger partial charge on any atom is -0.286 e. The number of carbonyl (C=O) groups excluding carboxylic acids is 2. The van der Waals surface area contributed by atoms with E-state index in [-0.39, 0.29) is 23.7 Å². The van der Waals surface area contributed by atoms with Crippen molar-refractivity contribution in [3.05, 3.63) is 144 Å². The number of amides is 2. The first kappa shape index (κ1) is 32.1. The minimum atomic E-state index is -0.162. The maximum Gasteiger partial charge on any atom is 0.246 e. The van der Waals surface area contributed by atoms with Crippen LogP contribution in [0.3, 0.4) is 0 Å². The van der Waals surface area contributed by atoms with E-state index >= 15 is 0 Å². The van der Waals surface area contributed by atoms with Gasteiger partial charge >= 0.3 is 0 Å². The van der Waals surface area contributed by atoms with E-state index in [0.29, 0.717) is 37.8 Å². The summed E-state index contributed by atoms with van der Waals surface area (Å²) in [7, 11) is 0. The molecule has 0 aliphatic carbocycles. The van der Waals surface area contributed by atoms with Crippen LogP contribution in [0.1, 0.15) is 53.9 Å². The molecule has 0 bridgehead atoms. The van der Waals surface area contributed by atoms with Gasteiger partial charge in [0.25, 0.3) is 0 Å². The van der Waals surface area contributed by atoms with Gasteiger partial charge in [0.05, 0.1) is 13.1 Å². The van der Waals surface area contributed by atoms with Crippen molar-refractivity contribution in [1.82, 2.24) is 10.1 Å². The molecular formula is C39H44N2O4. The molecule has 4 unspecified atom stereocenters. The molecule has 6 rings (SSSR count). The van der Waals surface area contributed by atoms with Crippen molar-refractivity contribution in [2.45, 2.75) is 50.9 Å². The molecular weight excluding hydrogens is 560 g/mol. The van der Waals surface area contributed by atoms with E-state index in [1.807, 2.05) is 60.7 Å². The fourth-order valence-electron chi connectivity index (χ4n) is 6.74. The summed E-state index contributed by atoms with van der Waals surface area (Å²) >= 11 is 0. The number of benzene rings is 4. The summed E-state index contributed by atoms with van der Waals surface area (Å²) in [6.07, 6.45) is 5.67. The van der Waals surface area contributed by atoms with Crippen molar-refractivity contribution in [2.75, 3.05) is 13.1 Å². The van der Waals surface area contributed by atoms with E-state index in [1.165, 1.54) is 22.3 Å². The fraction of sp³-hybridized carbons (Fsp3) is 0.333. The molecule has 0 radical (unpaired) electrons. The van der Waals surface area contributed by atoms with Crippen molar-refractivity contribution in [1.29, 1.82) is 0 Å². The first-order chi connectivity index (χ1) is 22.0. The van der Waals surface area contributed by atoms with Crippen molar-refractivity contribution in [3.63, 3.8) is 0 Å². The molecule has 2 aliphatic rings. The van der Waals surface area contributed by atoms with Crippen molar-refractivity contribution in [2.24, 2.45) is 17.8 Å². The van der Waals surface area contributed by atoms with Crippen LogP contribution in [0.5, 0.6) is 0 Å². The first-order valence-electron chi connectivity index (χ1n) is 16.1. The molecule has 45 heavy (non-hydrogen) atoms. The Morgan fingerprint density at radius 1 is 0.511 bits per heavy atom. The molecule has 0 spiro atoms. The van der Waals surface area contributed by atoms with Crippen molar-refractivity contribution in [3.8, 4) is 0 Å². The molecule has 4 atom stereocenters. The predicted molar refractivity (Wildman–Crippen MR) is 176 cm³/mol. The Balaban J connectivity index is 0.000000178. The maximum atomic E-state index is 11.9. The van der Waals surface area contributed by atoms with Crippen LogP contribution in [0.25, 0.3) is 0 Å². The molecule has 4 aromatic carbocycles. The lowest BCUT2D eigenvalue weighted by atomic mass is 9.78. The summed E-state index contributed by atoms with van der Waals surface area (Å²) in [5, 5.41) is 21.4. The molecule has 6 heteroatoms. The average Bonchev–Trinajstić information content (AvgIpc) is 3.08. The van der Waals surface area contributed by atoms with E-state index in [9.17, 15) is 20.0 Å². The molecule has 234 valence electrons. The van der Waals surface area contributed by atoms with Gasteiger partial charge in [0.15, 0.2) is 0 Å². The van der Waals surface area contributed by atoms with Gasteiger partial charge in [0.2, 0.25) is 11.8 Å². The lowest BCUT2D eigenvalue weighted by Gasteiger charge is -2.35. The summed E-state index contributed by atoms with van der Waals surface area (Å²) in [6, 6.07) is 41.3. The van der Waals surface area contributed by atoms with E-state index in [4.69, 9.17) is 0 Å². The number of hydrogen-bond acceptors (Lipinski definition) is 4. The summed E-state index contributed by atoms with van der Waals surface area (Å²) in [6.45, 7) is 0.829.